The standard InChI is InChI=1S/C20H27N3/c1-17-3-5-18(6-4-17)15-21-16-19-7-9-20(10-8-19)23-13-11-22(2)12-14-23/h3-10,21H,11-16H2,1-2H3. The second-order valence-corrected chi connectivity index (χ2v) is 6.55. The highest BCUT2D eigenvalue weighted by Gasteiger charge is 2.13. The maximum absolute atomic E-state index is 3.52. The number of piperazine rings is 1. The van der Waals surface area contributed by atoms with Gasteiger partial charge in [0.05, 0.1) is 0 Å². The van der Waals surface area contributed by atoms with E-state index < -0.39 is 0 Å². The van der Waals surface area contributed by atoms with E-state index in [1.54, 1.807) is 0 Å². The zero-order chi connectivity index (χ0) is 16.1. The maximum atomic E-state index is 3.52. The van der Waals surface area contributed by atoms with Gasteiger partial charge in [0.25, 0.3) is 0 Å². The number of nitrogens with one attached hydrogen (secondary N) is 1. The van der Waals surface area contributed by atoms with Crippen molar-refractivity contribution in [2.24, 2.45) is 0 Å². The van der Waals surface area contributed by atoms with Gasteiger partial charge in [-0.05, 0) is 37.2 Å². The molecule has 122 valence electrons. The fourth-order valence-corrected chi connectivity index (χ4v) is 2.95. The number of aryl methyl sites for hydroxylation is 1. The van der Waals surface area contributed by atoms with Crippen molar-refractivity contribution in [2.75, 3.05) is 38.1 Å². The van der Waals surface area contributed by atoms with Crippen molar-refractivity contribution in [3.05, 3.63) is 65.2 Å². The zero-order valence-corrected chi connectivity index (χ0v) is 14.3. The molecular weight excluding hydrogens is 282 g/mol. The van der Waals surface area contributed by atoms with Crippen molar-refractivity contribution in [3.63, 3.8) is 0 Å². The van der Waals surface area contributed by atoms with Crippen LogP contribution in [0.3, 0.4) is 0 Å². The van der Waals surface area contributed by atoms with Crippen molar-refractivity contribution in [3.8, 4) is 0 Å². The molecule has 1 saturated heterocycles. The third kappa shape index (κ3) is 4.57. The Balaban J connectivity index is 1.48. The van der Waals surface area contributed by atoms with Gasteiger partial charge in [-0.15, -0.1) is 0 Å². The lowest BCUT2D eigenvalue weighted by atomic mass is 10.1. The fourth-order valence-electron chi connectivity index (χ4n) is 2.95. The summed E-state index contributed by atoms with van der Waals surface area (Å²) in [6, 6.07) is 17.7. The Morgan fingerprint density at radius 1 is 0.783 bits per heavy atom. The van der Waals surface area contributed by atoms with E-state index in [1.807, 2.05) is 0 Å². The molecule has 0 saturated carbocycles. The zero-order valence-electron chi connectivity index (χ0n) is 14.3. The van der Waals surface area contributed by atoms with Crippen molar-refractivity contribution in [1.29, 1.82) is 0 Å². The highest BCUT2D eigenvalue weighted by atomic mass is 15.2. The van der Waals surface area contributed by atoms with E-state index >= 15 is 0 Å². The summed E-state index contributed by atoms with van der Waals surface area (Å²) in [4.78, 5) is 4.86. The molecule has 0 aliphatic carbocycles. The molecular formula is C20H27N3. The summed E-state index contributed by atoms with van der Waals surface area (Å²) < 4.78 is 0. The van der Waals surface area contributed by atoms with Crippen LogP contribution in [0.2, 0.25) is 0 Å². The SMILES string of the molecule is Cc1ccc(CNCc2ccc(N3CCN(C)CC3)cc2)cc1. The van der Waals surface area contributed by atoms with E-state index in [0.717, 1.165) is 39.3 Å². The van der Waals surface area contributed by atoms with Crippen LogP contribution in [0.4, 0.5) is 5.69 Å². The van der Waals surface area contributed by atoms with Crippen LogP contribution in [-0.2, 0) is 13.1 Å². The largest absolute Gasteiger partial charge is 0.369 e. The molecule has 1 fully saturated rings. The van der Waals surface area contributed by atoms with Crippen LogP contribution in [-0.4, -0.2) is 38.1 Å². The highest BCUT2D eigenvalue weighted by Crippen LogP contribution is 2.17. The van der Waals surface area contributed by atoms with Crippen molar-refractivity contribution >= 4 is 5.69 Å². The van der Waals surface area contributed by atoms with Gasteiger partial charge >= 0.3 is 0 Å². The van der Waals surface area contributed by atoms with Crippen molar-refractivity contribution in [1.82, 2.24) is 10.2 Å². The number of hydrogen-bond acceptors (Lipinski definition) is 3. The van der Waals surface area contributed by atoms with E-state index in [4.69, 9.17) is 0 Å². The van der Waals surface area contributed by atoms with Crippen LogP contribution >= 0.6 is 0 Å². The quantitative estimate of drug-likeness (QED) is 0.916. The summed E-state index contributed by atoms with van der Waals surface area (Å²) in [7, 11) is 2.19. The Kier molecular flexibility index (Phi) is 5.31. The molecule has 1 heterocycles. The van der Waals surface area contributed by atoms with Gasteiger partial charge in [0.2, 0.25) is 0 Å². The third-order valence-electron chi connectivity index (χ3n) is 4.58. The van der Waals surface area contributed by atoms with Gasteiger partial charge in [0.15, 0.2) is 0 Å². The molecule has 1 N–H and O–H groups in total. The summed E-state index contributed by atoms with van der Waals surface area (Å²) in [5.74, 6) is 0. The molecule has 1 aliphatic heterocycles. The highest BCUT2D eigenvalue weighted by molar-refractivity contribution is 5.48. The Labute approximate surface area is 139 Å². The first-order chi connectivity index (χ1) is 11.2. The van der Waals surface area contributed by atoms with Crippen molar-refractivity contribution in [2.45, 2.75) is 20.0 Å². The van der Waals surface area contributed by atoms with Crippen LogP contribution in [0.25, 0.3) is 0 Å². The molecule has 1 aliphatic rings. The molecule has 2 aromatic carbocycles. The lowest BCUT2D eigenvalue weighted by Gasteiger charge is -2.34. The molecule has 0 spiro atoms. The van der Waals surface area contributed by atoms with Crippen molar-refractivity contribution < 1.29 is 0 Å². The third-order valence-corrected chi connectivity index (χ3v) is 4.58. The first kappa shape index (κ1) is 16.0. The number of benzene rings is 2. The van der Waals surface area contributed by atoms with E-state index in [2.05, 4.69) is 77.6 Å². The first-order valence-corrected chi connectivity index (χ1v) is 8.49. The lowest BCUT2D eigenvalue weighted by molar-refractivity contribution is 0.313. The van der Waals surface area contributed by atoms with Crippen LogP contribution in [0, 0.1) is 6.92 Å². The predicted octanol–water partition coefficient (Wildman–Crippen LogP) is 3.04. The number of hydrogen-bond donors (Lipinski definition) is 1. The predicted molar refractivity (Wildman–Crippen MR) is 97.9 cm³/mol. The molecule has 3 nitrogen and oxygen atoms in total. The molecule has 0 atom stereocenters. The summed E-state index contributed by atoms with van der Waals surface area (Å²) in [6.07, 6.45) is 0. The molecule has 2 aromatic rings. The molecule has 0 bridgehead atoms. The Hall–Kier alpha value is -1.84. The van der Waals surface area contributed by atoms with Crippen LogP contribution in [0.5, 0.6) is 0 Å². The Morgan fingerprint density at radius 2 is 1.30 bits per heavy atom. The fraction of sp³-hybridized carbons (Fsp3) is 0.400. The van der Waals surface area contributed by atoms with Crippen LogP contribution in [0.1, 0.15) is 16.7 Å². The average molecular weight is 309 g/mol. The molecule has 0 amide bonds. The molecule has 0 radical (unpaired) electrons. The smallest absolute Gasteiger partial charge is 0.0367 e. The molecule has 3 heteroatoms. The van der Waals surface area contributed by atoms with Crippen LogP contribution in [0.15, 0.2) is 48.5 Å². The minimum Gasteiger partial charge on any atom is -0.369 e. The number of rotatable bonds is 5. The molecule has 23 heavy (non-hydrogen) atoms. The normalized spacial score (nSPS) is 15.8. The second kappa shape index (κ2) is 7.62. The summed E-state index contributed by atoms with van der Waals surface area (Å²) in [5, 5.41) is 3.52. The Bertz CT molecular complexity index is 596. The first-order valence-electron chi connectivity index (χ1n) is 8.49. The number of anilines is 1. The maximum Gasteiger partial charge on any atom is 0.0367 e. The van der Waals surface area contributed by atoms with E-state index in [0.29, 0.717) is 0 Å². The van der Waals surface area contributed by atoms with Gasteiger partial charge < -0.3 is 15.1 Å². The average Bonchev–Trinajstić information content (AvgIpc) is 2.58. The van der Waals surface area contributed by atoms with Gasteiger partial charge in [-0.2, -0.15) is 0 Å². The van der Waals surface area contributed by atoms with E-state index in [-0.39, 0.29) is 0 Å². The minimum absolute atomic E-state index is 0.914. The lowest BCUT2D eigenvalue weighted by Crippen LogP contribution is -2.44. The minimum atomic E-state index is 0.914. The summed E-state index contributed by atoms with van der Waals surface area (Å²) >= 11 is 0. The van der Waals surface area contributed by atoms with Gasteiger partial charge in [-0.3, -0.25) is 0 Å². The summed E-state index contributed by atoms with van der Waals surface area (Å²) in [5.41, 5.74) is 5.34. The Morgan fingerprint density at radius 3 is 1.87 bits per heavy atom. The van der Waals surface area contributed by atoms with Gasteiger partial charge in [0.1, 0.15) is 0 Å². The van der Waals surface area contributed by atoms with Gasteiger partial charge in [-0.1, -0.05) is 42.0 Å². The van der Waals surface area contributed by atoms with E-state index in [1.165, 1.54) is 22.4 Å². The topological polar surface area (TPSA) is 18.5 Å². The monoisotopic (exact) mass is 309 g/mol. The molecule has 3 rings (SSSR count). The summed E-state index contributed by atoms with van der Waals surface area (Å²) in [6.45, 7) is 8.51. The second-order valence-electron chi connectivity index (χ2n) is 6.55. The van der Waals surface area contributed by atoms with Crippen LogP contribution < -0.4 is 10.2 Å². The molecule has 0 aromatic heterocycles. The number of nitrogens with zero attached hydrogens (tertiary/aromatic N) is 2. The van der Waals surface area contributed by atoms with E-state index in [9.17, 15) is 0 Å². The van der Waals surface area contributed by atoms with Gasteiger partial charge in [-0.25, -0.2) is 0 Å². The molecule has 0 unspecified atom stereocenters. The number of likely N-dealkylation sites (N-methyl/N-ethyl adjacent to an activating group) is 1. The van der Waals surface area contributed by atoms with Gasteiger partial charge in [0, 0.05) is 45.0 Å².